The number of hydrogen-bond donors (Lipinski definition) is 0. The van der Waals surface area contributed by atoms with Gasteiger partial charge in [-0.25, -0.2) is 4.79 Å². The van der Waals surface area contributed by atoms with Crippen LogP contribution in [0.25, 0.3) is 0 Å². The summed E-state index contributed by atoms with van der Waals surface area (Å²) >= 11 is 2.04. The highest BCUT2D eigenvalue weighted by atomic mass is 32.2. The molecule has 2 heterocycles. The van der Waals surface area contributed by atoms with Gasteiger partial charge in [0.15, 0.2) is 0 Å². The number of nitrogens with zero attached hydrogens (tertiary/aromatic N) is 2. The molecule has 1 aromatic carbocycles. The molecule has 2 aliphatic heterocycles. The monoisotopic (exact) mass is 306 g/mol. The fourth-order valence-electron chi connectivity index (χ4n) is 3.16. The van der Waals surface area contributed by atoms with Gasteiger partial charge < -0.3 is 4.74 Å². The van der Waals surface area contributed by atoms with Crippen LogP contribution in [-0.4, -0.2) is 53.8 Å². The largest absolute Gasteiger partial charge is 0.443 e. The van der Waals surface area contributed by atoms with Gasteiger partial charge in [-0.3, -0.25) is 9.80 Å². The van der Waals surface area contributed by atoms with Crippen molar-refractivity contribution in [3.8, 4) is 0 Å². The Kier molecular flexibility index (Phi) is 4.40. The molecule has 1 aromatic rings. The number of anilines is 1. The topological polar surface area (TPSA) is 32.8 Å². The first kappa shape index (κ1) is 14.7. The molecule has 2 fully saturated rings. The van der Waals surface area contributed by atoms with Crippen molar-refractivity contribution >= 4 is 23.5 Å². The highest BCUT2D eigenvalue weighted by molar-refractivity contribution is 8.00. The molecule has 21 heavy (non-hydrogen) atoms. The fourth-order valence-corrected chi connectivity index (χ4v) is 4.54. The maximum Gasteiger partial charge on any atom is 0.414 e. The third-order valence-electron chi connectivity index (χ3n) is 3.90. The van der Waals surface area contributed by atoms with Gasteiger partial charge in [0.2, 0.25) is 0 Å². The van der Waals surface area contributed by atoms with E-state index in [4.69, 9.17) is 4.74 Å². The van der Waals surface area contributed by atoms with Gasteiger partial charge in [-0.15, -0.1) is 0 Å². The van der Waals surface area contributed by atoms with E-state index in [1.807, 2.05) is 42.1 Å². The van der Waals surface area contributed by atoms with Crippen LogP contribution in [0.15, 0.2) is 30.3 Å². The second-order valence-corrected chi connectivity index (χ2v) is 7.81. The lowest BCUT2D eigenvalue weighted by Crippen LogP contribution is -2.44. The van der Waals surface area contributed by atoms with Crippen LogP contribution in [0.2, 0.25) is 0 Å². The Morgan fingerprint density at radius 2 is 1.81 bits per heavy atom. The van der Waals surface area contributed by atoms with Crippen molar-refractivity contribution in [2.75, 3.05) is 31.1 Å². The lowest BCUT2D eigenvalue weighted by Gasteiger charge is -2.35. The number of para-hydroxylation sites is 1. The van der Waals surface area contributed by atoms with Crippen molar-refractivity contribution in [3.63, 3.8) is 0 Å². The Morgan fingerprint density at radius 3 is 2.48 bits per heavy atom. The molecule has 1 amide bonds. The lowest BCUT2D eigenvalue weighted by molar-refractivity contribution is 0.108. The molecule has 3 atom stereocenters. The SMILES string of the molecule is CC1CN(CC2CN(c3ccccc3)C(=O)O2)CC(C)S1. The normalized spacial score (nSPS) is 30.5. The highest BCUT2D eigenvalue weighted by Gasteiger charge is 2.34. The van der Waals surface area contributed by atoms with Crippen molar-refractivity contribution in [2.45, 2.75) is 30.5 Å². The Balaban J connectivity index is 1.60. The highest BCUT2D eigenvalue weighted by Crippen LogP contribution is 2.26. The molecule has 114 valence electrons. The summed E-state index contributed by atoms with van der Waals surface area (Å²) in [5.74, 6) is 0. The van der Waals surface area contributed by atoms with E-state index in [1.54, 1.807) is 4.90 Å². The lowest BCUT2D eigenvalue weighted by atomic mass is 10.2. The van der Waals surface area contributed by atoms with Crippen LogP contribution >= 0.6 is 11.8 Å². The Bertz CT molecular complexity index is 486. The molecule has 0 spiro atoms. The molecule has 4 nitrogen and oxygen atoms in total. The van der Waals surface area contributed by atoms with Gasteiger partial charge in [-0.05, 0) is 12.1 Å². The summed E-state index contributed by atoms with van der Waals surface area (Å²) in [4.78, 5) is 16.2. The number of hydrogen-bond acceptors (Lipinski definition) is 4. The molecule has 2 saturated heterocycles. The fraction of sp³-hybridized carbons (Fsp3) is 0.562. The summed E-state index contributed by atoms with van der Waals surface area (Å²) in [6, 6.07) is 9.75. The van der Waals surface area contributed by atoms with Crippen LogP contribution in [0.5, 0.6) is 0 Å². The minimum Gasteiger partial charge on any atom is -0.443 e. The number of carbonyl (C=O) groups is 1. The first-order valence-corrected chi connectivity index (χ1v) is 8.47. The number of thioether (sulfide) groups is 1. The standard InChI is InChI=1S/C16H22N2O2S/c1-12-8-17(9-13(2)21-12)10-15-11-18(16(19)20-15)14-6-4-3-5-7-14/h3-7,12-13,15H,8-11H2,1-2H3. The van der Waals surface area contributed by atoms with Crippen molar-refractivity contribution < 1.29 is 9.53 Å². The summed E-state index contributed by atoms with van der Waals surface area (Å²) in [5, 5.41) is 1.30. The van der Waals surface area contributed by atoms with E-state index in [0.29, 0.717) is 17.0 Å². The number of amides is 1. The van der Waals surface area contributed by atoms with E-state index in [9.17, 15) is 4.79 Å². The van der Waals surface area contributed by atoms with Crippen LogP contribution < -0.4 is 4.90 Å². The number of cyclic esters (lactones) is 1. The first-order valence-electron chi connectivity index (χ1n) is 7.53. The van der Waals surface area contributed by atoms with E-state index in [2.05, 4.69) is 18.7 Å². The Hall–Kier alpha value is -1.20. The van der Waals surface area contributed by atoms with Gasteiger partial charge in [0.25, 0.3) is 0 Å². The molecule has 3 rings (SSSR count). The predicted molar refractivity (Wildman–Crippen MR) is 87.0 cm³/mol. The van der Waals surface area contributed by atoms with Crippen molar-refractivity contribution in [1.29, 1.82) is 0 Å². The predicted octanol–water partition coefficient (Wildman–Crippen LogP) is 2.84. The minimum absolute atomic E-state index is 0.0276. The van der Waals surface area contributed by atoms with E-state index in [0.717, 1.165) is 25.3 Å². The zero-order valence-corrected chi connectivity index (χ0v) is 13.4. The van der Waals surface area contributed by atoms with Gasteiger partial charge in [0, 0.05) is 35.8 Å². The quantitative estimate of drug-likeness (QED) is 0.860. The molecule has 5 heteroatoms. The second kappa shape index (κ2) is 6.28. The Morgan fingerprint density at radius 1 is 1.14 bits per heavy atom. The van der Waals surface area contributed by atoms with Crippen LogP contribution in [0.3, 0.4) is 0 Å². The van der Waals surface area contributed by atoms with Crippen LogP contribution in [0.1, 0.15) is 13.8 Å². The summed E-state index contributed by atoms with van der Waals surface area (Å²) in [5.41, 5.74) is 0.918. The molecule has 0 N–H and O–H groups in total. The van der Waals surface area contributed by atoms with Crippen LogP contribution in [0.4, 0.5) is 10.5 Å². The van der Waals surface area contributed by atoms with Crippen molar-refractivity contribution in [1.82, 2.24) is 4.90 Å². The zero-order chi connectivity index (χ0) is 14.8. The number of ether oxygens (including phenoxy) is 1. The van der Waals surface area contributed by atoms with E-state index < -0.39 is 0 Å². The number of carbonyl (C=O) groups excluding carboxylic acids is 1. The van der Waals surface area contributed by atoms with Gasteiger partial charge >= 0.3 is 6.09 Å². The van der Waals surface area contributed by atoms with E-state index in [-0.39, 0.29) is 12.2 Å². The van der Waals surface area contributed by atoms with Crippen molar-refractivity contribution in [3.05, 3.63) is 30.3 Å². The average molecular weight is 306 g/mol. The molecular formula is C16H22N2O2S. The zero-order valence-electron chi connectivity index (χ0n) is 12.6. The molecule has 2 aliphatic rings. The number of rotatable bonds is 3. The first-order chi connectivity index (χ1) is 10.1. The van der Waals surface area contributed by atoms with Crippen LogP contribution in [-0.2, 0) is 4.74 Å². The molecule has 0 bridgehead atoms. The molecule has 0 aromatic heterocycles. The summed E-state index contributed by atoms with van der Waals surface area (Å²) < 4.78 is 5.54. The third kappa shape index (κ3) is 3.52. The van der Waals surface area contributed by atoms with Crippen molar-refractivity contribution in [2.24, 2.45) is 0 Å². The van der Waals surface area contributed by atoms with E-state index >= 15 is 0 Å². The van der Waals surface area contributed by atoms with E-state index in [1.165, 1.54) is 0 Å². The van der Waals surface area contributed by atoms with Gasteiger partial charge in [0.1, 0.15) is 6.10 Å². The van der Waals surface area contributed by atoms with Gasteiger partial charge in [-0.2, -0.15) is 11.8 Å². The summed E-state index contributed by atoms with van der Waals surface area (Å²) in [7, 11) is 0. The molecular weight excluding hydrogens is 284 g/mol. The summed E-state index contributed by atoms with van der Waals surface area (Å²) in [6.07, 6.45) is -0.251. The van der Waals surface area contributed by atoms with Gasteiger partial charge in [0.05, 0.1) is 6.54 Å². The second-order valence-electron chi connectivity index (χ2n) is 5.93. The Labute approximate surface area is 130 Å². The molecule has 0 radical (unpaired) electrons. The molecule has 0 aliphatic carbocycles. The maximum absolute atomic E-state index is 12.0. The minimum atomic E-state index is -0.223. The average Bonchev–Trinajstić information content (AvgIpc) is 2.79. The third-order valence-corrected chi connectivity index (χ3v) is 5.13. The molecule has 0 saturated carbocycles. The maximum atomic E-state index is 12.0. The van der Waals surface area contributed by atoms with Gasteiger partial charge in [-0.1, -0.05) is 32.0 Å². The molecule has 3 unspecified atom stereocenters. The van der Waals surface area contributed by atoms with Crippen LogP contribution in [0, 0.1) is 0 Å². The summed E-state index contributed by atoms with van der Waals surface area (Å²) in [6.45, 7) is 8.18. The smallest absolute Gasteiger partial charge is 0.414 e. The number of benzene rings is 1.